The second-order valence-corrected chi connectivity index (χ2v) is 5.39. The van der Waals surface area contributed by atoms with Crippen molar-refractivity contribution in [1.82, 2.24) is 5.43 Å². The number of hydrogen-bond donors (Lipinski definition) is 1. The van der Waals surface area contributed by atoms with E-state index in [2.05, 4.69) is 10.5 Å². The van der Waals surface area contributed by atoms with Crippen LogP contribution in [0.1, 0.15) is 11.1 Å². The number of halogens is 2. The van der Waals surface area contributed by atoms with E-state index in [0.717, 1.165) is 11.1 Å². The normalized spacial score (nSPS) is 10.7. The van der Waals surface area contributed by atoms with Gasteiger partial charge in [0.1, 0.15) is 5.75 Å². The molecule has 114 valence electrons. The highest BCUT2D eigenvalue weighted by Crippen LogP contribution is 2.20. The van der Waals surface area contributed by atoms with Crippen molar-refractivity contribution in [3.8, 4) is 5.75 Å². The van der Waals surface area contributed by atoms with E-state index < -0.39 is 0 Å². The highest BCUT2D eigenvalue weighted by molar-refractivity contribution is 6.31. The van der Waals surface area contributed by atoms with Gasteiger partial charge >= 0.3 is 0 Å². The van der Waals surface area contributed by atoms with Crippen LogP contribution in [-0.2, 0) is 4.79 Å². The lowest BCUT2D eigenvalue weighted by Gasteiger charge is -2.06. The Hall–Kier alpha value is -2.04. The van der Waals surface area contributed by atoms with Crippen LogP contribution in [-0.4, -0.2) is 18.7 Å². The van der Waals surface area contributed by atoms with E-state index in [4.69, 9.17) is 27.9 Å². The summed E-state index contributed by atoms with van der Waals surface area (Å²) in [7, 11) is 0. The lowest BCUT2D eigenvalue weighted by Crippen LogP contribution is -2.24. The first-order valence-electron chi connectivity index (χ1n) is 6.51. The van der Waals surface area contributed by atoms with E-state index in [1.165, 1.54) is 6.21 Å². The van der Waals surface area contributed by atoms with Crippen LogP contribution >= 0.6 is 23.2 Å². The maximum absolute atomic E-state index is 11.6. The Morgan fingerprint density at radius 3 is 2.82 bits per heavy atom. The highest BCUT2D eigenvalue weighted by atomic mass is 35.5. The zero-order chi connectivity index (χ0) is 15.9. The van der Waals surface area contributed by atoms with Crippen LogP contribution in [0.3, 0.4) is 0 Å². The number of nitrogens with one attached hydrogen (secondary N) is 1. The minimum Gasteiger partial charge on any atom is -0.484 e. The first kappa shape index (κ1) is 16.3. The molecule has 0 fully saturated rings. The number of nitrogens with zero attached hydrogens (tertiary/aromatic N) is 1. The quantitative estimate of drug-likeness (QED) is 0.666. The van der Waals surface area contributed by atoms with Crippen molar-refractivity contribution in [2.75, 3.05) is 6.61 Å². The molecule has 0 saturated heterocycles. The molecule has 0 saturated carbocycles. The molecule has 0 unspecified atom stereocenters. The average Bonchev–Trinajstić information content (AvgIpc) is 2.48. The molecule has 0 atom stereocenters. The number of carbonyl (C=O) groups excluding carboxylic acids is 1. The molecule has 1 N–H and O–H groups in total. The van der Waals surface area contributed by atoms with Crippen LogP contribution in [0.2, 0.25) is 10.0 Å². The topological polar surface area (TPSA) is 50.7 Å². The molecule has 22 heavy (non-hydrogen) atoms. The lowest BCUT2D eigenvalue weighted by molar-refractivity contribution is -0.123. The van der Waals surface area contributed by atoms with Crippen LogP contribution in [0.15, 0.2) is 47.6 Å². The van der Waals surface area contributed by atoms with E-state index in [0.29, 0.717) is 15.8 Å². The average molecular weight is 337 g/mol. The van der Waals surface area contributed by atoms with Gasteiger partial charge in [-0.05, 0) is 48.4 Å². The first-order chi connectivity index (χ1) is 10.5. The lowest BCUT2D eigenvalue weighted by atomic mass is 10.2. The van der Waals surface area contributed by atoms with Gasteiger partial charge in [0.15, 0.2) is 6.61 Å². The predicted molar refractivity (Wildman–Crippen MR) is 88.9 cm³/mol. The molecule has 0 heterocycles. The standard InChI is InChI=1S/C16H14Cl2N2O2/c1-11-7-14(5-6-15(11)18)22-10-16(21)20-19-9-12-3-2-4-13(17)8-12/h2-9H,10H2,1H3,(H,20,21)/b19-9-. The molecule has 4 nitrogen and oxygen atoms in total. The number of carbonyl (C=O) groups is 1. The van der Waals surface area contributed by atoms with E-state index in [1.54, 1.807) is 36.4 Å². The number of ether oxygens (including phenoxy) is 1. The molecule has 0 aliphatic rings. The van der Waals surface area contributed by atoms with Gasteiger partial charge in [0.2, 0.25) is 0 Å². The molecule has 1 amide bonds. The summed E-state index contributed by atoms with van der Waals surface area (Å²) in [6.07, 6.45) is 1.51. The van der Waals surface area contributed by atoms with Gasteiger partial charge in [-0.1, -0.05) is 35.3 Å². The number of hydrogen-bond acceptors (Lipinski definition) is 3. The smallest absolute Gasteiger partial charge is 0.277 e. The Morgan fingerprint density at radius 2 is 2.09 bits per heavy atom. The summed E-state index contributed by atoms with van der Waals surface area (Å²) in [6.45, 7) is 1.73. The minimum atomic E-state index is -0.356. The maximum Gasteiger partial charge on any atom is 0.277 e. The number of benzene rings is 2. The fourth-order valence-electron chi connectivity index (χ4n) is 1.65. The summed E-state index contributed by atoms with van der Waals surface area (Å²) in [4.78, 5) is 11.6. The number of hydrazone groups is 1. The molecular weight excluding hydrogens is 323 g/mol. The van der Waals surface area contributed by atoms with Gasteiger partial charge in [-0.15, -0.1) is 0 Å². The second kappa shape index (κ2) is 7.82. The minimum absolute atomic E-state index is 0.131. The van der Waals surface area contributed by atoms with Gasteiger partial charge < -0.3 is 4.74 Å². The molecule has 2 aromatic carbocycles. The van der Waals surface area contributed by atoms with Gasteiger partial charge in [0, 0.05) is 10.0 Å². The molecule has 0 radical (unpaired) electrons. The van der Waals surface area contributed by atoms with E-state index >= 15 is 0 Å². The van der Waals surface area contributed by atoms with Crippen molar-refractivity contribution in [2.45, 2.75) is 6.92 Å². The molecule has 0 aliphatic heterocycles. The molecule has 6 heteroatoms. The summed E-state index contributed by atoms with van der Waals surface area (Å²) in [5.41, 5.74) is 4.06. The monoisotopic (exact) mass is 336 g/mol. The fourth-order valence-corrected chi connectivity index (χ4v) is 1.97. The largest absolute Gasteiger partial charge is 0.484 e. The maximum atomic E-state index is 11.6. The number of rotatable bonds is 5. The van der Waals surface area contributed by atoms with E-state index in [9.17, 15) is 4.79 Å². The third-order valence-electron chi connectivity index (χ3n) is 2.75. The van der Waals surface area contributed by atoms with Crippen LogP contribution in [0.4, 0.5) is 0 Å². The number of amides is 1. The molecule has 0 aliphatic carbocycles. The van der Waals surface area contributed by atoms with Crippen molar-refractivity contribution < 1.29 is 9.53 Å². The Bertz CT molecular complexity index is 702. The van der Waals surface area contributed by atoms with Crippen molar-refractivity contribution >= 4 is 35.3 Å². The van der Waals surface area contributed by atoms with Gasteiger partial charge in [-0.25, -0.2) is 5.43 Å². The predicted octanol–water partition coefficient (Wildman–Crippen LogP) is 3.83. The Morgan fingerprint density at radius 1 is 1.27 bits per heavy atom. The summed E-state index contributed by atoms with van der Waals surface area (Å²) in [6, 6.07) is 12.3. The Labute approximate surface area is 138 Å². The van der Waals surface area contributed by atoms with Gasteiger partial charge in [-0.2, -0.15) is 5.10 Å². The van der Waals surface area contributed by atoms with E-state index in [1.807, 2.05) is 13.0 Å². The zero-order valence-corrected chi connectivity index (χ0v) is 13.4. The highest BCUT2D eigenvalue weighted by Gasteiger charge is 2.03. The van der Waals surface area contributed by atoms with Crippen LogP contribution in [0.25, 0.3) is 0 Å². The van der Waals surface area contributed by atoms with Gasteiger partial charge in [-0.3, -0.25) is 4.79 Å². The number of aryl methyl sites for hydroxylation is 1. The van der Waals surface area contributed by atoms with Crippen molar-refractivity contribution in [1.29, 1.82) is 0 Å². The molecule has 0 aromatic heterocycles. The SMILES string of the molecule is Cc1cc(OCC(=O)N/N=C\c2cccc(Cl)c2)ccc1Cl. The first-order valence-corrected chi connectivity index (χ1v) is 7.26. The van der Waals surface area contributed by atoms with Gasteiger partial charge in [0.05, 0.1) is 6.21 Å². The van der Waals surface area contributed by atoms with Crippen molar-refractivity contribution in [3.63, 3.8) is 0 Å². The molecular formula is C16H14Cl2N2O2. The zero-order valence-electron chi connectivity index (χ0n) is 11.8. The summed E-state index contributed by atoms with van der Waals surface area (Å²) < 4.78 is 5.36. The van der Waals surface area contributed by atoms with Crippen LogP contribution < -0.4 is 10.2 Å². The van der Waals surface area contributed by atoms with Gasteiger partial charge in [0.25, 0.3) is 5.91 Å². The summed E-state index contributed by atoms with van der Waals surface area (Å²) >= 11 is 11.8. The third-order valence-corrected chi connectivity index (χ3v) is 3.41. The third kappa shape index (κ3) is 5.06. The summed E-state index contributed by atoms with van der Waals surface area (Å²) in [5, 5.41) is 5.11. The van der Waals surface area contributed by atoms with Crippen LogP contribution in [0.5, 0.6) is 5.75 Å². The second-order valence-electron chi connectivity index (χ2n) is 4.55. The van der Waals surface area contributed by atoms with Crippen molar-refractivity contribution in [3.05, 3.63) is 63.6 Å². The Kier molecular flexibility index (Phi) is 5.81. The van der Waals surface area contributed by atoms with Crippen LogP contribution in [0, 0.1) is 6.92 Å². The molecule has 2 rings (SSSR count). The molecule has 2 aromatic rings. The molecule has 0 spiro atoms. The molecule has 0 bridgehead atoms. The fraction of sp³-hybridized carbons (Fsp3) is 0.125. The summed E-state index contributed by atoms with van der Waals surface area (Å²) in [5.74, 6) is 0.224. The Balaban J connectivity index is 1.81. The van der Waals surface area contributed by atoms with E-state index in [-0.39, 0.29) is 12.5 Å². The van der Waals surface area contributed by atoms with Crippen molar-refractivity contribution in [2.24, 2.45) is 5.10 Å².